The number of aliphatic hydroxyl groups excluding tert-OH is 1. The molecule has 6 nitrogen and oxygen atoms in total. The third kappa shape index (κ3) is 3.49. The molecule has 0 spiro atoms. The Bertz CT molecular complexity index is 1040. The largest absolute Gasteiger partial charge is 0.505 e. The lowest BCUT2D eigenvalue weighted by Gasteiger charge is -2.42. The van der Waals surface area contributed by atoms with Crippen LogP contribution >= 0.6 is 0 Å². The van der Waals surface area contributed by atoms with E-state index in [2.05, 4.69) is 5.32 Å². The summed E-state index contributed by atoms with van der Waals surface area (Å²) in [6, 6.07) is 3.20. The second-order valence-corrected chi connectivity index (χ2v) is 7.87. The molecule has 2 fully saturated rings. The van der Waals surface area contributed by atoms with Crippen LogP contribution in [0.25, 0.3) is 0 Å². The molecule has 8 heteroatoms. The number of benzene rings is 1. The van der Waals surface area contributed by atoms with Crippen LogP contribution in [0, 0.1) is 11.6 Å². The first-order valence-corrected chi connectivity index (χ1v) is 10.5. The molecule has 1 atom stereocenters. The van der Waals surface area contributed by atoms with Crippen molar-refractivity contribution < 1.29 is 23.5 Å². The number of halogens is 2. The fourth-order valence-corrected chi connectivity index (χ4v) is 4.57. The summed E-state index contributed by atoms with van der Waals surface area (Å²) in [5.74, 6) is -2.33. The van der Waals surface area contributed by atoms with Gasteiger partial charge in [-0.3, -0.25) is 9.59 Å². The topological polar surface area (TPSA) is 72.9 Å². The number of hydrogen-bond donors (Lipinski definition) is 2. The first-order valence-electron chi connectivity index (χ1n) is 10.5. The van der Waals surface area contributed by atoms with Gasteiger partial charge < -0.3 is 20.2 Å². The van der Waals surface area contributed by atoms with Gasteiger partial charge in [-0.15, -0.1) is 0 Å². The Morgan fingerprint density at radius 1 is 1.32 bits per heavy atom. The van der Waals surface area contributed by atoms with Crippen molar-refractivity contribution in [1.29, 1.82) is 0 Å². The van der Waals surface area contributed by atoms with Gasteiger partial charge >= 0.3 is 0 Å². The minimum Gasteiger partial charge on any atom is -0.505 e. The molecule has 1 aromatic carbocycles. The molecule has 2 amide bonds. The van der Waals surface area contributed by atoms with Crippen molar-refractivity contribution >= 4 is 11.8 Å². The molecule has 4 rings (SSSR count). The van der Waals surface area contributed by atoms with Gasteiger partial charge in [-0.05, 0) is 32.3 Å². The van der Waals surface area contributed by atoms with Crippen LogP contribution in [0.1, 0.15) is 38.7 Å². The maximum Gasteiger partial charge on any atom is 0.274 e. The molecule has 0 aliphatic carbocycles. The van der Waals surface area contributed by atoms with Crippen LogP contribution < -0.4 is 5.32 Å². The molecule has 1 unspecified atom stereocenters. The molecule has 3 aliphatic rings. The lowest BCUT2D eigenvalue weighted by Crippen LogP contribution is -2.53. The number of likely N-dealkylation sites (N-methyl/N-ethyl adjacent to an activating group) is 1. The first-order chi connectivity index (χ1) is 14.9. The molecule has 2 saturated heterocycles. The van der Waals surface area contributed by atoms with Crippen molar-refractivity contribution in [3.8, 4) is 0 Å². The quantitative estimate of drug-likeness (QED) is 0.754. The van der Waals surface area contributed by atoms with Crippen molar-refractivity contribution in [3.05, 3.63) is 69.8 Å². The lowest BCUT2D eigenvalue weighted by molar-refractivity contribution is -0.132. The Kier molecular flexibility index (Phi) is 5.56. The highest BCUT2D eigenvalue weighted by Gasteiger charge is 2.48. The first kappa shape index (κ1) is 21.1. The molecule has 3 heterocycles. The van der Waals surface area contributed by atoms with E-state index in [1.807, 2.05) is 18.7 Å². The summed E-state index contributed by atoms with van der Waals surface area (Å²) in [7, 11) is 0. The molecule has 0 bridgehead atoms. The minimum absolute atomic E-state index is 0.00493. The van der Waals surface area contributed by atoms with Gasteiger partial charge in [0, 0.05) is 42.5 Å². The average molecular weight is 429 g/mol. The second kappa shape index (κ2) is 8.17. The zero-order valence-electron chi connectivity index (χ0n) is 17.5. The number of nitrogens with zero attached hydrogens (tertiary/aromatic N) is 2. The summed E-state index contributed by atoms with van der Waals surface area (Å²) in [6.45, 7) is 4.74. The maximum absolute atomic E-state index is 14.0. The van der Waals surface area contributed by atoms with Crippen LogP contribution in [-0.4, -0.2) is 45.9 Å². The van der Waals surface area contributed by atoms with E-state index in [1.165, 1.54) is 6.07 Å². The van der Waals surface area contributed by atoms with Gasteiger partial charge in [-0.2, -0.15) is 0 Å². The Morgan fingerprint density at radius 2 is 2.10 bits per heavy atom. The fraction of sp³-hybridized carbons (Fsp3) is 0.391. The zero-order chi connectivity index (χ0) is 22.3. The van der Waals surface area contributed by atoms with Gasteiger partial charge in [0.2, 0.25) is 0 Å². The van der Waals surface area contributed by atoms with Crippen molar-refractivity contribution in [2.24, 2.45) is 0 Å². The van der Waals surface area contributed by atoms with E-state index in [4.69, 9.17) is 0 Å². The average Bonchev–Trinajstić information content (AvgIpc) is 3.15. The number of carbonyl (C=O) groups excluding carboxylic acids is 2. The van der Waals surface area contributed by atoms with E-state index in [1.54, 1.807) is 11.0 Å². The summed E-state index contributed by atoms with van der Waals surface area (Å²) < 4.78 is 27.1. The smallest absolute Gasteiger partial charge is 0.274 e. The number of carbonyl (C=O) groups is 2. The standard InChI is InChI=1S/C23H25F2N3O3/c1-3-5-16-19(22(30)26-11-13-6-7-14(24)10-17(13)25)18-9-8-15-12-27(4-2)23(31)20(21(16)29)28(15)18/h5-7,10,15,29H,3-4,8-9,11-12H2,1-2H3,(H,26,30)/b16-5+. The second-order valence-electron chi connectivity index (χ2n) is 7.87. The molecular formula is C23H25F2N3O3. The number of hydrogen-bond acceptors (Lipinski definition) is 4. The fourth-order valence-electron chi connectivity index (χ4n) is 4.57. The Labute approximate surface area is 179 Å². The molecular weight excluding hydrogens is 404 g/mol. The van der Waals surface area contributed by atoms with Crippen molar-refractivity contribution in [1.82, 2.24) is 15.1 Å². The Hall–Kier alpha value is -3.16. The number of amides is 2. The van der Waals surface area contributed by atoms with Gasteiger partial charge in [0.05, 0.1) is 11.6 Å². The van der Waals surface area contributed by atoms with E-state index in [9.17, 15) is 23.5 Å². The summed E-state index contributed by atoms with van der Waals surface area (Å²) in [5.41, 5.74) is 1.73. The molecule has 164 valence electrons. The summed E-state index contributed by atoms with van der Waals surface area (Å²) in [5, 5.41) is 13.7. The van der Waals surface area contributed by atoms with Crippen molar-refractivity contribution in [3.63, 3.8) is 0 Å². The monoisotopic (exact) mass is 429 g/mol. The molecule has 3 aliphatic heterocycles. The lowest BCUT2D eigenvalue weighted by atomic mass is 9.92. The summed E-state index contributed by atoms with van der Waals surface area (Å²) in [4.78, 5) is 29.7. The third-order valence-electron chi connectivity index (χ3n) is 6.04. The predicted octanol–water partition coefficient (Wildman–Crippen LogP) is 3.28. The normalized spacial score (nSPS) is 21.9. The highest BCUT2D eigenvalue weighted by atomic mass is 19.1. The summed E-state index contributed by atoms with van der Waals surface area (Å²) >= 11 is 0. The molecule has 2 N–H and O–H groups in total. The molecule has 31 heavy (non-hydrogen) atoms. The van der Waals surface area contributed by atoms with Crippen LogP contribution in [-0.2, 0) is 16.1 Å². The van der Waals surface area contributed by atoms with Gasteiger partial charge in [0.1, 0.15) is 11.6 Å². The van der Waals surface area contributed by atoms with Crippen LogP contribution in [0.15, 0.2) is 52.6 Å². The van der Waals surface area contributed by atoms with E-state index >= 15 is 0 Å². The summed E-state index contributed by atoms with van der Waals surface area (Å²) in [6.07, 6.45) is 3.64. The minimum atomic E-state index is -0.738. The van der Waals surface area contributed by atoms with E-state index in [-0.39, 0.29) is 35.5 Å². The van der Waals surface area contributed by atoms with Crippen LogP contribution in [0.4, 0.5) is 8.78 Å². The van der Waals surface area contributed by atoms with Crippen molar-refractivity contribution in [2.75, 3.05) is 13.1 Å². The van der Waals surface area contributed by atoms with Crippen LogP contribution in [0.2, 0.25) is 0 Å². The molecule has 0 aromatic heterocycles. The number of rotatable bonds is 5. The molecule has 0 saturated carbocycles. The van der Waals surface area contributed by atoms with Gasteiger partial charge in [0.15, 0.2) is 11.5 Å². The molecule has 0 radical (unpaired) electrons. The predicted molar refractivity (Wildman–Crippen MR) is 110 cm³/mol. The van der Waals surface area contributed by atoms with Crippen LogP contribution in [0.3, 0.4) is 0 Å². The van der Waals surface area contributed by atoms with E-state index in [0.717, 1.165) is 18.6 Å². The van der Waals surface area contributed by atoms with E-state index in [0.29, 0.717) is 42.8 Å². The SMILES string of the molecule is CC/C=C1/C(O)=C2C(=O)N(CC)CC3CCC(=C1C(=O)NCc1ccc(F)cc1F)N23. The van der Waals surface area contributed by atoms with Crippen molar-refractivity contribution in [2.45, 2.75) is 45.7 Å². The van der Waals surface area contributed by atoms with Gasteiger partial charge in [-0.1, -0.05) is 19.1 Å². The maximum atomic E-state index is 14.0. The zero-order valence-corrected chi connectivity index (χ0v) is 17.5. The van der Waals surface area contributed by atoms with E-state index < -0.39 is 17.5 Å². The Balaban J connectivity index is 1.69. The molecule has 1 aromatic rings. The number of allylic oxidation sites excluding steroid dienone is 3. The number of piperazine rings is 1. The number of aliphatic hydroxyl groups is 1. The van der Waals surface area contributed by atoms with Crippen LogP contribution in [0.5, 0.6) is 0 Å². The highest BCUT2D eigenvalue weighted by Crippen LogP contribution is 2.45. The highest BCUT2D eigenvalue weighted by molar-refractivity contribution is 6.04. The number of nitrogens with one attached hydrogen (secondary N) is 1. The Morgan fingerprint density at radius 3 is 2.77 bits per heavy atom. The van der Waals surface area contributed by atoms with Gasteiger partial charge in [-0.25, -0.2) is 8.78 Å². The third-order valence-corrected chi connectivity index (χ3v) is 6.04. The van der Waals surface area contributed by atoms with Gasteiger partial charge in [0.25, 0.3) is 11.8 Å².